The number of carbonyl (C=O) groups is 2. The van der Waals surface area contributed by atoms with Crippen molar-refractivity contribution in [1.82, 2.24) is 0 Å². The highest BCUT2D eigenvalue weighted by atomic mass is 32.2. The zero-order valence-electron chi connectivity index (χ0n) is 16.1. The molecule has 0 aliphatic heterocycles. The van der Waals surface area contributed by atoms with Crippen LogP contribution >= 0.6 is 11.8 Å². The van der Waals surface area contributed by atoms with E-state index in [2.05, 4.69) is 10.6 Å². The summed E-state index contributed by atoms with van der Waals surface area (Å²) in [7, 11) is 0. The van der Waals surface area contributed by atoms with E-state index in [1.165, 1.54) is 11.8 Å². The molecule has 3 rings (SSSR count). The van der Waals surface area contributed by atoms with Crippen LogP contribution in [0.4, 0.5) is 11.4 Å². The lowest BCUT2D eigenvalue weighted by Crippen LogP contribution is -2.20. The van der Waals surface area contributed by atoms with Crippen molar-refractivity contribution < 1.29 is 14.3 Å². The smallest absolute Gasteiger partial charge is 0.262 e. The van der Waals surface area contributed by atoms with Gasteiger partial charge in [0.1, 0.15) is 5.75 Å². The lowest BCUT2D eigenvalue weighted by molar-refractivity contribution is -0.118. The third-order valence-corrected chi connectivity index (χ3v) is 5.05. The van der Waals surface area contributed by atoms with Gasteiger partial charge in [0.05, 0.1) is 5.75 Å². The van der Waals surface area contributed by atoms with Crippen LogP contribution in [0.5, 0.6) is 5.75 Å². The number of hydrogen-bond donors (Lipinski definition) is 2. The minimum absolute atomic E-state index is 0.0558. The van der Waals surface area contributed by atoms with Crippen LogP contribution in [0.2, 0.25) is 0 Å². The van der Waals surface area contributed by atoms with E-state index in [1.807, 2.05) is 73.7 Å². The quantitative estimate of drug-likeness (QED) is 0.530. The Hall–Kier alpha value is -3.25. The molecule has 0 fully saturated rings. The number of anilines is 2. The van der Waals surface area contributed by atoms with Gasteiger partial charge in [-0.2, -0.15) is 0 Å². The molecule has 2 amide bonds. The second kappa shape index (κ2) is 10.3. The molecule has 0 aliphatic rings. The van der Waals surface area contributed by atoms with Crippen LogP contribution in [-0.4, -0.2) is 24.2 Å². The summed E-state index contributed by atoms with van der Waals surface area (Å²) < 4.78 is 5.43. The molecule has 0 atom stereocenters. The Labute approximate surface area is 174 Å². The molecule has 5 nitrogen and oxygen atoms in total. The Bertz CT molecular complexity index is 959. The molecule has 0 aliphatic carbocycles. The number of rotatable bonds is 8. The largest absolute Gasteiger partial charge is 0.484 e. The van der Waals surface area contributed by atoms with Crippen molar-refractivity contribution in [2.24, 2.45) is 0 Å². The first-order valence-corrected chi connectivity index (χ1v) is 10.1. The standard InChI is InChI=1S/C23H22N2O3S/c1-17-7-5-6-10-21(17)25-23(27)16-29-20-13-11-18(12-14-20)24-22(26)15-28-19-8-3-2-4-9-19/h2-14H,15-16H2,1H3,(H,24,26)(H,25,27). The van der Waals surface area contributed by atoms with Gasteiger partial charge in [-0.15, -0.1) is 11.8 Å². The fourth-order valence-electron chi connectivity index (χ4n) is 2.55. The first-order chi connectivity index (χ1) is 14.1. The second-order valence-corrected chi connectivity index (χ2v) is 7.37. The van der Waals surface area contributed by atoms with E-state index >= 15 is 0 Å². The first kappa shape index (κ1) is 20.5. The molecule has 6 heteroatoms. The minimum Gasteiger partial charge on any atom is -0.484 e. The van der Waals surface area contributed by atoms with Crippen molar-refractivity contribution in [3.63, 3.8) is 0 Å². The summed E-state index contributed by atoms with van der Waals surface area (Å²) in [5.41, 5.74) is 2.54. The third-order valence-electron chi connectivity index (χ3n) is 4.04. The van der Waals surface area contributed by atoms with E-state index in [1.54, 1.807) is 12.1 Å². The predicted octanol–water partition coefficient (Wildman–Crippen LogP) is 4.74. The molecule has 0 bridgehead atoms. The number of aryl methyl sites for hydroxylation is 1. The van der Waals surface area contributed by atoms with E-state index in [0.29, 0.717) is 17.2 Å². The average molecular weight is 407 g/mol. The number of carbonyl (C=O) groups excluding carboxylic acids is 2. The summed E-state index contributed by atoms with van der Waals surface area (Å²) >= 11 is 1.44. The average Bonchev–Trinajstić information content (AvgIpc) is 2.74. The van der Waals surface area contributed by atoms with Crippen LogP contribution in [0.3, 0.4) is 0 Å². The molecular weight excluding hydrogens is 384 g/mol. The molecule has 2 N–H and O–H groups in total. The van der Waals surface area contributed by atoms with E-state index in [-0.39, 0.29) is 18.4 Å². The fourth-order valence-corrected chi connectivity index (χ4v) is 3.24. The molecule has 0 spiro atoms. The van der Waals surface area contributed by atoms with Gasteiger partial charge < -0.3 is 15.4 Å². The molecule has 0 saturated carbocycles. The number of amides is 2. The van der Waals surface area contributed by atoms with E-state index in [4.69, 9.17) is 4.74 Å². The summed E-state index contributed by atoms with van der Waals surface area (Å²) in [4.78, 5) is 25.1. The summed E-state index contributed by atoms with van der Waals surface area (Å²) in [6, 6.07) is 24.2. The molecule has 3 aromatic rings. The molecule has 29 heavy (non-hydrogen) atoms. The van der Waals surface area contributed by atoms with Gasteiger partial charge in [-0.05, 0) is 55.0 Å². The van der Waals surface area contributed by atoms with Gasteiger partial charge in [0.25, 0.3) is 5.91 Å². The van der Waals surface area contributed by atoms with E-state index in [0.717, 1.165) is 16.1 Å². The highest BCUT2D eigenvalue weighted by Gasteiger charge is 2.07. The SMILES string of the molecule is Cc1ccccc1NC(=O)CSc1ccc(NC(=O)COc2ccccc2)cc1. The topological polar surface area (TPSA) is 67.4 Å². The summed E-state index contributed by atoms with van der Waals surface area (Å²) in [5, 5.41) is 5.71. The number of hydrogen-bond acceptors (Lipinski definition) is 4. The fraction of sp³-hybridized carbons (Fsp3) is 0.130. The number of nitrogens with one attached hydrogen (secondary N) is 2. The maximum atomic E-state index is 12.1. The normalized spacial score (nSPS) is 10.2. The highest BCUT2D eigenvalue weighted by Crippen LogP contribution is 2.21. The summed E-state index contributed by atoms with van der Waals surface area (Å²) in [6.45, 7) is 1.90. The van der Waals surface area contributed by atoms with E-state index in [9.17, 15) is 9.59 Å². The number of para-hydroxylation sites is 2. The van der Waals surface area contributed by atoms with Crippen LogP contribution in [0.15, 0.2) is 83.8 Å². The molecular formula is C23H22N2O3S. The maximum absolute atomic E-state index is 12.1. The maximum Gasteiger partial charge on any atom is 0.262 e. The van der Waals surface area contributed by atoms with Crippen molar-refractivity contribution in [3.05, 3.63) is 84.4 Å². The van der Waals surface area contributed by atoms with Gasteiger partial charge in [-0.25, -0.2) is 0 Å². The van der Waals surface area contributed by atoms with Crippen molar-refractivity contribution in [1.29, 1.82) is 0 Å². The van der Waals surface area contributed by atoms with Crippen molar-refractivity contribution in [2.45, 2.75) is 11.8 Å². The van der Waals surface area contributed by atoms with Gasteiger partial charge in [0, 0.05) is 16.3 Å². The van der Waals surface area contributed by atoms with Crippen LogP contribution in [0.1, 0.15) is 5.56 Å². The van der Waals surface area contributed by atoms with Gasteiger partial charge in [-0.1, -0.05) is 36.4 Å². The lowest BCUT2D eigenvalue weighted by atomic mass is 10.2. The summed E-state index contributed by atoms with van der Waals surface area (Å²) in [6.07, 6.45) is 0. The molecule has 0 heterocycles. The van der Waals surface area contributed by atoms with Gasteiger partial charge in [0.2, 0.25) is 5.91 Å². The highest BCUT2D eigenvalue weighted by molar-refractivity contribution is 8.00. The zero-order chi connectivity index (χ0) is 20.5. The van der Waals surface area contributed by atoms with Crippen LogP contribution in [0, 0.1) is 6.92 Å². The van der Waals surface area contributed by atoms with Crippen LogP contribution in [0.25, 0.3) is 0 Å². The number of benzene rings is 3. The monoisotopic (exact) mass is 406 g/mol. The van der Waals surface area contributed by atoms with Crippen LogP contribution < -0.4 is 15.4 Å². The van der Waals surface area contributed by atoms with E-state index < -0.39 is 0 Å². The number of ether oxygens (including phenoxy) is 1. The van der Waals surface area contributed by atoms with Crippen LogP contribution in [-0.2, 0) is 9.59 Å². The molecule has 3 aromatic carbocycles. The van der Waals surface area contributed by atoms with Gasteiger partial charge >= 0.3 is 0 Å². The Balaban J connectivity index is 1.43. The van der Waals surface area contributed by atoms with Gasteiger partial charge in [-0.3, -0.25) is 9.59 Å². The first-order valence-electron chi connectivity index (χ1n) is 9.16. The Morgan fingerprint density at radius 3 is 2.24 bits per heavy atom. The zero-order valence-corrected chi connectivity index (χ0v) is 16.9. The Morgan fingerprint density at radius 1 is 0.828 bits per heavy atom. The molecule has 0 saturated heterocycles. The molecule has 148 valence electrons. The molecule has 0 radical (unpaired) electrons. The van der Waals surface area contributed by atoms with Gasteiger partial charge in [0.15, 0.2) is 6.61 Å². The Kier molecular flexibility index (Phi) is 7.30. The van der Waals surface area contributed by atoms with Crippen molar-refractivity contribution >= 4 is 35.0 Å². The third kappa shape index (κ3) is 6.69. The summed E-state index contributed by atoms with van der Waals surface area (Å²) in [5.74, 6) is 0.676. The molecule has 0 unspecified atom stereocenters. The van der Waals surface area contributed by atoms with Crippen molar-refractivity contribution in [3.8, 4) is 5.75 Å². The molecule has 0 aromatic heterocycles. The minimum atomic E-state index is -0.230. The second-order valence-electron chi connectivity index (χ2n) is 6.33. The predicted molar refractivity (Wildman–Crippen MR) is 118 cm³/mol. The van der Waals surface area contributed by atoms with Crippen molar-refractivity contribution in [2.75, 3.05) is 23.0 Å². The number of thioether (sulfide) groups is 1. The lowest BCUT2D eigenvalue weighted by Gasteiger charge is -2.09. The Morgan fingerprint density at radius 2 is 1.52 bits per heavy atom.